The van der Waals surface area contributed by atoms with E-state index in [1.54, 1.807) is 36.4 Å². The van der Waals surface area contributed by atoms with Crippen LogP contribution in [0, 0.1) is 11.6 Å². The molecule has 5 rings (SSSR count). The number of nitrogens with two attached hydrogens (primary N) is 1. The summed E-state index contributed by atoms with van der Waals surface area (Å²) in [7, 11) is 0. The summed E-state index contributed by atoms with van der Waals surface area (Å²) in [6.45, 7) is 0. The lowest BCUT2D eigenvalue weighted by molar-refractivity contribution is -0.137. The first-order valence-electron chi connectivity index (χ1n) is 12.7. The minimum Gasteiger partial charge on any atom is -0.366 e. The molecule has 0 saturated heterocycles. The van der Waals surface area contributed by atoms with Gasteiger partial charge in [-0.2, -0.15) is 13.2 Å². The fourth-order valence-corrected chi connectivity index (χ4v) is 4.89. The van der Waals surface area contributed by atoms with E-state index in [0.717, 1.165) is 30.3 Å². The molecule has 0 aliphatic rings. The smallest absolute Gasteiger partial charge is 0.366 e. The number of H-pyrrole nitrogens is 1. The molecule has 0 fully saturated rings. The zero-order valence-electron chi connectivity index (χ0n) is 21.8. The minimum absolute atomic E-state index is 0.0389. The molecular formula is C31H23F5N4O2. The fraction of sp³-hybridized carbons (Fsp3) is 0.129. The van der Waals surface area contributed by atoms with Gasteiger partial charge in [-0.25, -0.2) is 8.78 Å². The van der Waals surface area contributed by atoms with E-state index < -0.39 is 41.2 Å². The molecule has 11 heteroatoms. The molecule has 0 aliphatic heterocycles. The number of rotatable bonds is 8. The summed E-state index contributed by atoms with van der Waals surface area (Å²) in [4.78, 5) is 32.4. The molecule has 4 N–H and O–H groups in total. The molecule has 3 aromatic carbocycles. The molecule has 0 saturated carbocycles. The van der Waals surface area contributed by atoms with Gasteiger partial charge in [0.2, 0.25) is 11.8 Å². The van der Waals surface area contributed by atoms with E-state index in [0.29, 0.717) is 27.8 Å². The SMILES string of the molecule is NC(=O)c1cccc(-c2cccnc2C(Cc2cc(F)cc(F)c2)NC(=O)Cc2c[nH]c3cc(C(F)(F)F)ccc23)c1. The molecule has 2 heterocycles. The molecule has 214 valence electrons. The average molecular weight is 579 g/mol. The maximum atomic E-state index is 14.0. The molecular weight excluding hydrogens is 555 g/mol. The summed E-state index contributed by atoms with van der Waals surface area (Å²) < 4.78 is 67.5. The Labute approximate surface area is 236 Å². The van der Waals surface area contributed by atoms with Crippen LogP contribution < -0.4 is 11.1 Å². The second-order valence-electron chi connectivity index (χ2n) is 9.73. The molecule has 2 amide bonds. The van der Waals surface area contributed by atoms with Crippen molar-refractivity contribution < 1.29 is 31.5 Å². The number of nitrogens with one attached hydrogen (secondary N) is 2. The number of halogens is 5. The lowest BCUT2D eigenvalue weighted by Crippen LogP contribution is -2.32. The number of carbonyl (C=O) groups is 2. The Morgan fingerprint density at radius 3 is 2.43 bits per heavy atom. The van der Waals surface area contributed by atoms with Crippen LogP contribution in [0.3, 0.4) is 0 Å². The van der Waals surface area contributed by atoms with Gasteiger partial charge in [0.05, 0.1) is 23.7 Å². The summed E-state index contributed by atoms with van der Waals surface area (Å²) in [6.07, 6.45) is -1.79. The fourth-order valence-electron chi connectivity index (χ4n) is 4.89. The third kappa shape index (κ3) is 6.30. The van der Waals surface area contributed by atoms with Gasteiger partial charge in [0, 0.05) is 40.5 Å². The van der Waals surface area contributed by atoms with Gasteiger partial charge in [0.1, 0.15) is 11.6 Å². The standard InChI is InChI=1S/C31H23F5N4O2/c32-22-9-17(10-23(33)15-22)11-27(29-25(5-2-8-38-29)18-3-1-4-19(12-18)30(37)42)40-28(41)13-20-16-39-26-14-21(31(34,35)36)6-7-24(20)26/h1-10,12,14-16,27,39H,11,13H2,(H2,37,42)(H,40,41). The molecule has 1 unspecified atom stereocenters. The average Bonchev–Trinajstić information content (AvgIpc) is 3.33. The number of benzene rings is 3. The van der Waals surface area contributed by atoms with Crippen molar-refractivity contribution in [2.24, 2.45) is 5.73 Å². The number of carbonyl (C=O) groups excluding carboxylic acids is 2. The Morgan fingerprint density at radius 2 is 1.71 bits per heavy atom. The molecule has 0 bridgehead atoms. The van der Waals surface area contributed by atoms with Gasteiger partial charge in [-0.05, 0) is 65.6 Å². The van der Waals surface area contributed by atoms with Gasteiger partial charge in [-0.15, -0.1) is 0 Å². The van der Waals surface area contributed by atoms with Crippen LogP contribution >= 0.6 is 0 Å². The second kappa shape index (κ2) is 11.4. The number of nitrogens with zero attached hydrogens (tertiary/aromatic N) is 1. The third-order valence-corrected chi connectivity index (χ3v) is 6.77. The number of aromatic amines is 1. The molecule has 42 heavy (non-hydrogen) atoms. The summed E-state index contributed by atoms with van der Waals surface area (Å²) >= 11 is 0. The second-order valence-corrected chi connectivity index (χ2v) is 9.73. The van der Waals surface area contributed by atoms with Gasteiger partial charge in [-0.1, -0.05) is 24.3 Å². The van der Waals surface area contributed by atoms with E-state index in [1.807, 2.05) is 0 Å². The van der Waals surface area contributed by atoms with E-state index in [2.05, 4.69) is 15.3 Å². The van der Waals surface area contributed by atoms with E-state index in [1.165, 1.54) is 18.5 Å². The Morgan fingerprint density at radius 1 is 0.952 bits per heavy atom. The number of hydrogen-bond donors (Lipinski definition) is 3. The molecule has 0 spiro atoms. The van der Waals surface area contributed by atoms with Crippen LogP contribution in [0.1, 0.15) is 38.8 Å². The summed E-state index contributed by atoms with van der Waals surface area (Å²) in [5.74, 6) is -2.71. The van der Waals surface area contributed by atoms with Crippen molar-refractivity contribution in [1.82, 2.24) is 15.3 Å². The highest BCUT2D eigenvalue weighted by atomic mass is 19.4. The minimum atomic E-state index is -4.52. The highest BCUT2D eigenvalue weighted by Crippen LogP contribution is 2.33. The van der Waals surface area contributed by atoms with Gasteiger partial charge < -0.3 is 16.0 Å². The Hall–Kier alpha value is -5.06. The summed E-state index contributed by atoms with van der Waals surface area (Å²) in [6, 6.07) is 15.3. The topological polar surface area (TPSA) is 101 Å². The summed E-state index contributed by atoms with van der Waals surface area (Å²) in [5, 5.41) is 3.32. The Balaban J connectivity index is 1.49. The van der Waals surface area contributed by atoms with Crippen molar-refractivity contribution in [3.05, 3.63) is 125 Å². The number of amides is 2. The number of primary amides is 1. The van der Waals surface area contributed by atoms with Crippen LogP contribution in [0.15, 0.2) is 85.2 Å². The highest BCUT2D eigenvalue weighted by Gasteiger charge is 2.31. The van der Waals surface area contributed by atoms with Gasteiger partial charge in [-0.3, -0.25) is 14.6 Å². The van der Waals surface area contributed by atoms with Crippen molar-refractivity contribution in [1.29, 1.82) is 0 Å². The number of pyridine rings is 1. The molecule has 5 aromatic rings. The van der Waals surface area contributed by atoms with E-state index >= 15 is 0 Å². The zero-order valence-corrected chi connectivity index (χ0v) is 21.8. The normalized spacial score (nSPS) is 12.3. The van der Waals surface area contributed by atoms with Crippen molar-refractivity contribution in [2.75, 3.05) is 0 Å². The summed E-state index contributed by atoms with van der Waals surface area (Å²) in [5.41, 5.74) is 7.32. The monoisotopic (exact) mass is 578 g/mol. The van der Waals surface area contributed by atoms with Crippen LogP contribution in [0.2, 0.25) is 0 Å². The van der Waals surface area contributed by atoms with Crippen LogP contribution in [-0.4, -0.2) is 21.8 Å². The van der Waals surface area contributed by atoms with Crippen molar-refractivity contribution in [2.45, 2.75) is 25.1 Å². The number of alkyl halides is 3. The number of fused-ring (bicyclic) bond motifs is 1. The lowest BCUT2D eigenvalue weighted by atomic mass is 9.94. The van der Waals surface area contributed by atoms with E-state index in [9.17, 15) is 31.5 Å². The van der Waals surface area contributed by atoms with E-state index in [-0.39, 0.29) is 29.5 Å². The highest BCUT2D eigenvalue weighted by molar-refractivity contribution is 5.94. The molecule has 6 nitrogen and oxygen atoms in total. The van der Waals surface area contributed by atoms with Crippen molar-refractivity contribution in [3.8, 4) is 11.1 Å². The van der Waals surface area contributed by atoms with E-state index in [4.69, 9.17) is 5.73 Å². The molecule has 1 atom stereocenters. The molecule has 2 aromatic heterocycles. The lowest BCUT2D eigenvalue weighted by Gasteiger charge is -2.22. The van der Waals surface area contributed by atoms with Gasteiger partial charge in [0.15, 0.2) is 0 Å². The Bertz CT molecular complexity index is 1780. The first-order chi connectivity index (χ1) is 20.0. The first kappa shape index (κ1) is 28.5. The maximum absolute atomic E-state index is 14.0. The van der Waals surface area contributed by atoms with Gasteiger partial charge >= 0.3 is 6.18 Å². The largest absolute Gasteiger partial charge is 0.416 e. The maximum Gasteiger partial charge on any atom is 0.416 e. The van der Waals surface area contributed by atoms with Crippen LogP contribution in [0.5, 0.6) is 0 Å². The van der Waals surface area contributed by atoms with Crippen molar-refractivity contribution in [3.63, 3.8) is 0 Å². The van der Waals surface area contributed by atoms with Crippen LogP contribution in [-0.2, 0) is 23.8 Å². The predicted molar refractivity (Wildman–Crippen MR) is 146 cm³/mol. The zero-order chi connectivity index (χ0) is 30.0. The molecule has 0 radical (unpaired) electrons. The van der Waals surface area contributed by atoms with Crippen LogP contribution in [0.4, 0.5) is 22.0 Å². The first-order valence-corrected chi connectivity index (χ1v) is 12.7. The quantitative estimate of drug-likeness (QED) is 0.189. The number of aromatic nitrogens is 2. The molecule has 0 aliphatic carbocycles. The van der Waals surface area contributed by atoms with Crippen LogP contribution in [0.25, 0.3) is 22.0 Å². The van der Waals surface area contributed by atoms with Crippen molar-refractivity contribution >= 4 is 22.7 Å². The third-order valence-electron chi connectivity index (χ3n) is 6.77. The number of hydrogen-bond acceptors (Lipinski definition) is 3. The Kier molecular flexibility index (Phi) is 7.75. The van der Waals surface area contributed by atoms with Gasteiger partial charge in [0.25, 0.3) is 0 Å². The predicted octanol–water partition coefficient (Wildman–Crippen LogP) is 6.27.